The van der Waals surface area contributed by atoms with E-state index < -0.39 is 17.7 Å². The van der Waals surface area contributed by atoms with Gasteiger partial charge < -0.3 is 14.5 Å². The highest BCUT2D eigenvalue weighted by Crippen LogP contribution is 2.26. The second-order valence-electron chi connectivity index (χ2n) is 5.96. The summed E-state index contributed by atoms with van der Waals surface area (Å²) >= 11 is 0. The van der Waals surface area contributed by atoms with E-state index in [9.17, 15) is 9.59 Å². The molecule has 0 fully saturated rings. The van der Waals surface area contributed by atoms with Gasteiger partial charge in [0.05, 0.1) is 5.52 Å². The molecule has 0 aliphatic carbocycles. The summed E-state index contributed by atoms with van der Waals surface area (Å²) in [5.74, 6) is 0. The highest BCUT2D eigenvalue weighted by atomic mass is 16.6. The number of H-pyrrole nitrogens is 1. The second kappa shape index (κ2) is 5.60. The normalized spacial score (nSPS) is 13.0. The topological polar surface area (TPSA) is 62.4 Å². The first-order valence-corrected chi connectivity index (χ1v) is 6.80. The van der Waals surface area contributed by atoms with E-state index in [1.54, 1.807) is 27.8 Å². The quantitative estimate of drug-likeness (QED) is 0.882. The predicted molar refractivity (Wildman–Crippen MR) is 81.1 cm³/mol. The van der Waals surface area contributed by atoms with E-state index in [0.717, 1.165) is 22.8 Å². The van der Waals surface area contributed by atoms with Gasteiger partial charge in [-0.3, -0.25) is 4.90 Å². The van der Waals surface area contributed by atoms with Gasteiger partial charge in [-0.05, 0) is 32.2 Å². The van der Waals surface area contributed by atoms with Crippen LogP contribution in [0.25, 0.3) is 10.9 Å². The standard InChI is InChI=1S/C16H20N2O3/c1-16(2,3)21-15(20)18(4)13(10-19)12-7-5-6-11-8-9-17-14(11)12/h5-10,13,17H,1-4H3. The number of amides is 1. The molecule has 5 heteroatoms. The number of carbonyl (C=O) groups is 2. The van der Waals surface area contributed by atoms with E-state index in [1.165, 1.54) is 4.90 Å². The van der Waals surface area contributed by atoms with Crippen LogP contribution in [0, 0.1) is 0 Å². The smallest absolute Gasteiger partial charge is 0.410 e. The fourth-order valence-corrected chi connectivity index (χ4v) is 2.18. The molecule has 1 aromatic carbocycles. The number of ether oxygens (including phenoxy) is 1. The molecule has 1 atom stereocenters. The average Bonchev–Trinajstić information content (AvgIpc) is 2.86. The van der Waals surface area contributed by atoms with E-state index in [0.29, 0.717) is 0 Å². The SMILES string of the molecule is CN(C(=O)OC(C)(C)C)C(C=O)c1cccc2cc[nH]c12. The van der Waals surface area contributed by atoms with Crippen LogP contribution in [0.4, 0.5) is 4.79 Å². The number of aromatic amines is 1. The summed E-state index contributed by atoms with van der Waals surface area (Å²) in [4.78, 5) is 28.1. The molecule has 21 heavy (non-hydrogen) atoms. The van der Waals surface area contributed by atoms with Crippen LogP contribution in [0.1, 0.15) is 32.4 Å². The van der Waals surface area contributed by atoms with Crippen molar-refractivity contribution in [1.29, 1.82) is 0 Å². The van der Waals surface area contributed by atoms with Crippen molar-refractivity contribution in [3.05, 3.63) is 36.0 Å². The maximum atomic E-state index is 12.1. The van der Waals surface area contributed by atoms with Gasteiger partial charge in [0.1, 0.15) is 17.9 Å². The number of rotatable bonds is 3. The minimum Gasteiger partial charge on any atom is -0.444 e. The molecule has 2 rings (SSSR count). The number of aromatic nitrogens is 1. The van der Waals surface area contributed by atoms with Crippen LogP contribution in [0.3, 0.4) is 0 Å². The van der Waals surface area contributed by atoms with Crippen molar-refractivity contribution in [2.75, 3.05) is 7.05 Å². The summed E-state index contributed by atoms with van der Waals surface area (Å²) < 4.78 is 5.32. The third-order valence-electron chi connectivity index (χ3n) is 3.17. The van der Waals surface area contributed by atoms with Gasteiger partial charge in [0.25, 0.3) is 0 Å². The number of benzene rings is 1. The van der Waals surface area contributed by atoms with Crippen molar-refractivity contribution in [1.82, 2.24) is 9.88 Å². The van der Waals surface area contributed by atoms with Crippen LogP contribution in [0.2, 0.25) is 0 Å². The predicted octanol–water partition coefficient (Wildman–Crippen LogP) is 3.27. The van der Waals surface area contributed by atoms with Gasteiger partial charge in [0, 0.05) is 18.8 Å². The van der Waals surface area contributed by atoms with Crippen molar-refractivity contribution in [3.8, 4) is 0 Å². The second-order valence-corrected chi connectivity index (χ2v) is 5.96. The number of hydrogen-bond donors (Lipinski definition) is 1. The van der Waals surface area contributed by atoms with Crippen LogP contribution in [0.15, 0.2) is 30.5 Å². The molecular weight excluding hydrogens is 268 g/mol. The molecular formula is C16H20N2O3. The lowest BCUT2D eigenvalue weighted by molar-refractivity contribution is -0.112. The summed E-state index contributed by atoms with van der Waals surface area (Å²) in [5, 5.41) is 0.997. The van der Waals surface area contributed by atoms with Gasteiger partial charge in [-0.25, -0.2) is 4.79 Å². The number of hydrogen-bond acceptors (Lipinski definition) is 3. The van der Waals surface area contributed by atoms with Crippen molar-refractivity contribution >= 4 is 23.3 Å². The van der Waals surface area contributed by atoms with Gasteiger partial charge in [0.2, 0.25) is 0 Å². The maximum absolute atomic E-state index is 12.1. The van der Waals surface area contributed by atoms with E-state index in [1.807, 2.05) is 30.5 Å². The highest BCUT2D eigenvalue weighted by Gasteiger charge is 2.27. The lowest BCUT2D eigenvalue weighted by atomic mass is 10.0. The Morgan fingerprint density at radius 3 is 2.67 bits per heavy atom. The summed E-state index contributed by atoms with van der Waals surface area (Å²) in [5.41, 5.74) is 1.00. The van der Waals surface area contributed by atoms with Gasteiger partial charge >= 0.3 is 6.09 Å². The average molecular weight is 288 g/mol. The molecule has 0 aliphatic rings. The first kappa shape index (κ1) is 15.1. The summed E-state index contributed by atoms with van der Waals surface area (Å²) in [6, 6.07) is 6.88. The van der Waals surface area contributed by atoms with Crippen molar-refractivity contribution in [3.63, 3.8) is 0 Å². The lowest BCUT2D eigenvalue weighted by Crippen LogP contribution is -2.37. The van der Waals surface area contributed by atoms with E-state index in [4.69, 9.17) is 4.74 Å². The minimum absolute atomic E-state index is 0.525. The number of nitrogens with one attached hydrogen (secondary N) is 1. The number of para-hydroxylation sites is 1. The van der Waals surface area contributed by atoms with E-state index in [2.05, 4.69) is 4.98 Å². The van der Waals surface area contributed by atoms with Crippen LogP contribution < -0.4 is 0 Å². The van der Waals surface area contributed by atoms with Crippen LogP contribution in [0.5, 0.6) is 0 Å². The van der Waals surface area contributed by atoms with Crippen LogP contribution in [-0.4, -0.2) is 34.9 Å². The minimum atomic E-state index is -0.692. The number of nitrogens with zero attached hydrogens (tertiary/aromatic N) is 1. The molecule has 1 unspecified atom stereocenters. The van der Waals surface area contributed by atoms with Gasteiger partial charge in [0.15, 0.2) is 0 Å². The Morgan fingerprint density at radius 1 is 1.33 bits per heavy atom. The Kier molecular flexibility index (Phi) is 4.02. The fourth-order valence-electron chi connectivity index (χ4n) is 2.18. The molecule has 0 radical (unpaired) electrons. The van der Waals surface area contributed by atoms with E-state index >= 15 is 0 Å². The molecule has 2 aromatic rings. The zero-order chi connectivity index (χ0) is 15.6. The third kappa shape index (κ3) is 3.24. The molecule has 0 saturated heterocycles. The molecule has 0 bridgehead atoms. The Morgan fingerprint density at radius 2 is 2.05 bits per heavy atom. The zero-order valence-corrected chi connectivity index (χ0v) is 12.7. The monoisotopic (exact) mass is 288 g/mol. The fraction of sp³-hybridized carbons (Fsp3) is 0.375. The summed E-state index contributed by atoms with van der Waals surface area (Å²) in [6.45, 7) is 5.38. The highest BCUT2D eigenvalue weighted by molar-refractivity contribution is 5.87. The van der Waals surface area contributed by atoms with Gasteiger partial charge in [-0.2, -0.15) is 0 Å². The number of aldehydes is 1. The number of likely N-dealkylation sites (N-methyl/N-ethyl adjacent to an activating group) is 1. The van der Waals surface area contributed by atoms with Crippen molar-refractivity contribution in [2.45, 2.75) is 32.4 Å². The zero-order valence-electron chi connectivity index (χ0n) is 12.7. The molecule has 1 aromatic heterocycles. The summed E-state index contributed by atoms with van der Waals surface area (Å²) in [6.07, 6.45) is 2.03. The number of carbonyl (C=O) groups excluding carboxylic acids is 2. The first-order valence-electron chi connectivity index (χ1n) is 6.80. The Labute approximate surface area is 123 Å². The molecule has 112 valence electrons. The summed E-state index contributed by atoms with van der Waals surface area (Å²) in [7, 11) is 1.56. The molecule has 1 N–H and O–H groups in total. The Balaban J connectivity index is 2.33. The van der Waals surface area contributed by atoms with Gasteiger partial charge in [-0.1, -0.05) is 18.2 Å². The maximum Gasteiger partial charge on any atom is 0.410 e. The lowest BCUT2D eigenvalue weighted by Gasteiger charge is -2.28. The Bertz CT molecular complexity index is 655. The Hall–Kier alpha value is -2.30. The third-order valence-corrected chi connectivity index (χ3v) is 3.17. The van der Waals surface area contributed by atoms with Crippen LogP contribution in [-0.2, 0) is 9.53 Å². The van der Waals surface area contributed by atoms with Crippen molar-refractivity contribution < 1.29 is 14.3 Å². The van der Waals surface area contributed by atoms with Gasteiger partial charge in [-0.15, -0.1) is 0 Å². The molecule has 5 nitrogen and oxygen atoms in total. The first-order chi connectivity index (χ1) is 9.83. The van der Waals surface area contributed by atoms with E-state index in [-0.39, 0.29) is 0 Å². The molecule has 1 heterocycles. The molecule has 0 aliphatic heterocycles. The molecule has 0 saturated carbocycles. The molecule has 0 spiro atoms. The van der Waals surface area contributed by atoms with Crippen LogP contribution >= 0.6 is 0 Å². The largest absolute Gasteiger partial charge is 0.444 e. The van der Waals surface area contributed by atoms with Crippen molar-refractivity contribution in [2.24, 2.45) is 0 Å². The molecule has 1 amide bonds. The number of fused-ring (bicyclic) bond motifs is 1.